The number of carbonyl (C=O) groups is 1. The highest BCUT2D eigenvalue weighted by molar-refractivity contribution is 5.91. The van der Waals surface area contributed by atoms with Gasteiger partial charge in [0.25, 0.3) is 0 Å². The molecule has 0 radical (unpaired) electrons. The largest absolute Gasteiger partial charge is 0.462 e. The van der Waals surface area contributed by atoms with E-state index in [4.69, 9.17) is 4.42 Å². The molecule has 1 amide bonds. The predicted octanol–water partition coefficient (Wildman–Crippen LogP) is 2.47. The Kier molecular flexibility index (Phi) is 4.16. The second-order valence-corrected chi connectivity index (χ2v) is 3.29. The molecule has 0 fully saturated rings. The number of hydrogen-bond acceptors (Lipinski definition) is 2. The summed E-state index contributed by atoms with van der Waals surface area (Å²) in [6, 6.07) is 3.73. The van der Waals surface area contributed by atoms with Gasteiger partial charge in [-0.25, -0.2) is 0 Å². The summed E-state index contributed by atoms with van der Waals surface area (Å²) in [5.74, 6) is 1.59. The second-order valence-electron chi connectivity index (χ2n) is 3.29. The van der Waals surface area contributed by atoms with E-state index >= 15 is 0 Å². The number of hydrogen-bond donors (Lipinski definition) is 0. The van der Waals surface area contributed by atoms with E-state index in [1.165, 1.54) is 0 Å². The maximum atomic E-state index is 11.6. The first kappa shape index (κ1) is 11.6. The van der Waals surface area contributed by atoms with E-state index in [-0.39, 0.29) is 5.91 Å². The van der Waals surface area contributed by atoms with Crippen molar-refractivity contribution in [2.75, 3.05) is 13.1 Å². The number of furan rings is 1. The molecule has 0 aromatic carbocycles. The van der Waals surface area contributed by atoms with Crippen LogP contribution in [0.25, 0.3) is 6.08 Å². The van der Waals surface area contributed by atoms with Crippen molar-refractivity contribution < 1.29 is 9.21 Å². The molecule has 1 aromatic rings. The fraction of sp³-hybridized carbons (Fsp3) is 0.417. The summed E-state index contributed by atoms with van der Waals surface area (Å²) in [7, 11) is 0. The molecule has 0 unspecified atom stereocenters. The highest BCUT2D eigenvalue weighted by Gasteiger charge is 2.04. The van der Waals surface area contributed by atoms with Crippen molar-refractivity contribution in [3.05, 3.63) is 29.7 Å². The number of carbonyl (C=O) groups excluding carboxylic acids is 1. The number of rotatable bonds is 4. The van der Waals surface area contributed by atoms with Gasteiger partial charge in [0, 0.05) is 19.2 Å². The van der Waals surface area contributed by atoms with Gasteiger partial charge in [0.1, 0.15) is 11.5 Å². The number of amides is 1. The standard InChI is InChI=1S/C12H17NO2/c1-4-13(5-2)12(14)9-8-11-7-6-10(3)15-11/h6-9H,4-5H2,1-3H3/b9-8-. The van der Waals surface area contributed by atoms with Gasteiger partial charge >= 0.3 is 0 Å². The molecule has 0 aliphatic rings. The summed E-state index contributed by atoms with van der Waals surface area (Å²) in [5, 5.41) is 0. The van der Waals surface area contributed by atoms with Crippen molar-refractivity contribution in [3.8, 4) is 0 Å². The normalized spacial score (nSPS) is 10.9. The van der Waals surface area contributed by atoms with Crippen molar-refractivity contribution in [1.29, 1.82) is 0 Å². The van der Waals surface area contributed by atoms with E-state index in [9.17, 15) is 4.79 Å². The number of likely N-dealkylation sites (N-methyl/N-ethyl adjacent to an activating group) is 1. The fourth-order valence-electron chi connectivity index (χ4n) is 1.34. The molecule has 1 aromatic heterocycles. The lowest BCUT2D eigenvalue weighted by atomic mass is 10.3. The highest BCUT2D eigenvalue weighted by atomic mass is 16.3. The van der Waals surface area contributed by atoms with Gasteiger partial charge in [-0.1, -0.05) is 0 Å². The van der Waals surface area contributed by atoms with Gasteiger partial charge in [-0.15, -0.1) is 0 Å². The van der Waals surface area contributed by atoms with Crippen molar-refractivity contribution in [2.24, 2.45) is 0 Å². The first-order valence-corrected chi connectivity index (χ1v) is 5.20. The van der Waals surface area contributed by atoms with Gasteiger partial charge < -0.3 is 9.32 Å². The fourth-order valence-corrected chi connectivity index (χ4v) is 1.34. The van der Waals surface area contributed by atoms with Crippen LogP contribution in [0.4, 0.5) is 0 Å². The molecule has 15 heavy (non-hydrogen) atoms. The van der Waals surface area contributed by atoms with Gasteiger partial charge in [-0.2, -0.15) is 0 Å². The molecule has 3 heteroatoms. The molecule has 0 spiro atoms. The first-order valence-electron chi connectivity index (χ1n) is 5.20. The third-order valence-corrected chi connectivity index (χ3v) is 2.23. The van der Waals surface area contributed by atoms with Crippen LogP contribution >= 0.6 is 0 Å². The van der Waals surface area contributed by atoms with Gasteiger partial charge in [-0.3, -0.25) is 4.79 Å². The van der Waals surface area contributed by atoms with E-state index in [2.05, 4.69) is 0 Å². The van der Waals surface area contributed by atoms with E-state index in [0.29, 0.717) is 5.76 Å². The van der Waals surface area contributed by atoms with Crippen LogP contribution in [0.2, 0.25) is 0 Å². The molecule has 3 nitrogen and oxygen atoms in total. The van der Waals surface area contributed by atoms with Crippen LogP contribution in [0.1, 0.15) is 25.4 Å². The lowest BCUT2D eigenvalue weighted by molar-refractivity contribution is -0.125. The molecule has 0 saturated heterocycles. The molecule has 1 rings (SSSR count). The predicted molar refractivity (Wildman–Crippen MR) is 60.4 cm³/mol. The molecule has 1 heterocycles. The van der Waals surface area contributed by atoms with Gasteiger partial charge in [0.15, 0.2) is 0 Å². The quantitative estimate of drug-likeness (QED) is 0.711. The van der Waals surface area contributed by atoms with Crippen LogP contribution in [0.5, 0.6) is 0 Å². The maximum absolute atomic E-state index is 11.6. The van der Waals surface area contributed by atoms with Crippen LogP contribution in [0, 0.1) is 6.92 Å². The van der Waals surface area contributed by atoms with Crippen molar-refractivity contribution in [2.45, 2.75) is 20.8 Å². The van der Waals surface area contributed by atoms with Gasteiger partial charge in [-0.05, 0) is 39.0 Å². The number of aryl methyl sites for hydroxylation is 1. The Morgan fingerprint density at radius 1 is 1.40 bits per heavy atom. The van der Waals surface area contributed by atoms with Crippen LogP contribution in [-0.4, -0.2) is 23.9 Å². The smallest absolute Gasteiger partial charge is 0.246 e. The minimum Gasteiger partial charge on any atom is -0.462 e. The topological polar surface area (TPSA) is 33.5 Å². The SMILES string of the molecule is CCN(CC)C(=O)/C=C\c1ccc(C)o1. The Hall–Kier alpha value is -1.51. The van der Waals surface area contributed by atoms with Crippen molar-refractivity contribution in [3.63, 3.8) is 0 Å². The lowest BCUT2D eigenvalue weighted by Gasteiger charge is -2.15. The molecule has 0 aliphatic carbocycles. The second kappa shape index (κ2) is 5.39. The van der Waals surface area contributed by atoms with E-state index in [1.807, 2.05) is 32.9 Å². The van der Waals surface area contributed by atoms with E-state index in [1.54, 1.807) is 17.1 Å². The minimum atomic E-state index is 0.0223. The zero-order valence-electron chi connectivity index (χ0n) is 9.49. The minimum absolute atomic E-state index is 0.0223. The molecule has 0 saturated carbocycles. The molecule has 0 atom stereocenters. The Labute approximate surface area is 90.4 Å². The van der Waals surface area contributed by atoms with Crippen molar-refractivity contribution >= 4 is 12.0 Å². The average molecular weight is 207 g/mol. The Bertz CT molecular complexity index is 348. The summed E-state index contributed by atoms with van der Waals surface area (Å²) in [5.41, 5.74) is 0. The lowest BCUT2D eigenvalue weighted by Crippen LogP contribution is -2.28. The summed E-state index contributed by atoms with van der Waals surface area (Å²) in [6.45, 7) is 7.27. The molecule has 0 aliphatic heterocycles. The maximum Gasteiger partial charge on any atom is 0.246 e. The van der Waals surface area contributed by atoms with Gasteiger partial charge in [0.05, 0.1) is 0 Å². The van der Waals surface area contributed by atoms with Gasteiger partial charge in [0.2, 0.25) is 5.91 Å². The van der Waals surface area contributed by atoms with Crippen LogP contribution in [0.3, 0.4) is 0 Å². The molecular formula is C12H17NO2. The van der Waals surface area contributed by atoms with Crippen LogP contribution < -0.4 is 0 Å². The van der Waals surface area contributed by atoms with E-state index in [0.717, 1.165) is 18.8 Å². The third-order valence-electron chi connectivity index (χ3n) is 2.23. The Balaban J connectivity index is 2.61. The van der Waals surface area contributed by atoms with Crippen molar-refractivity contribution in [1.82, 2.24) is 4.90 Å². The Morgan fingerprint density at radius 3 is 2.53 bits per heavy atom. The third kappa shape index (κ3) is 3.27. The number of nitrogens with zero attached hydrogens (tertiary/aromatic N) is 1. The highest BCUT2D eigenvalue weighted by Crippen LogP contribution is 2.08. The molecule has 0 N–H and O–H groups in total. The summed E-state index contributed by atoms with van der Waals surface area (Å²) in [4.78, 5) is 13.3. The monoisotopic (exact) mass is 207 g/mol. The molecule has 82 valence electrons. The zero-order chi connectivity index (χ0) is 11.3. The zero-order valence-corrected chi connectivity index (χ0v) is 9.49. The summed E-state index contributed by atoms with van der Waals surface area (Å²) in [6.07, 6.45) is 3.25. The first-order chi connectivity index (χ1) is 7.17. The molecule has 0 bridgehead atoms. The average Bonchev–Trinajstić information content (AvgIpc) is 2.63. The summed E-state index contributed by atoms with van der Waals surface area (Å²) >= 11 is 0. The van der Waals surface area contributed by atoms with E-state index < -0.39 is 0 Å². The molecular weight excluding hydrogens is 190 g/mol. The van der Waals surface area contributed by atoms with Crippen LogP contribution in [0.15, 0.2) is 22.6 Å². The van der Waals surface area contributed by atoms with Crippen LogP contribution in [-0.2, 0) is 4.79 Å². The summed E-state index contributed by atoms with van der Waals surface area (Å²) < 4.78 is 5.32. The Morgan fingerprint density at radius 2 is 2.07 bits per heavy atom.